The number of carbonyl (C=O) groups excluding carboxylic acids is 3. The number of nitrogens with one attached hydrogen (secondary N) is 1. The second-order valence-corrected chi connectivity index (χ2v) is 8.34. The van der Waals surface area contributed by atoms with Crippen LogP contribution >= 0.6 is 11.3 Å². The maximum atomic E-state index is 12.8. The molecule has 0 unspecified atom stereocenters. The third kappa shape index (κ3) is 4.31. The van der Waals surface area contributed by atoms with Crippen molar-refractivity contribution in [3.8, 4) is 0 Å². The topological polar surface area (TPSA) is 88.6 Å². The lowest BCUT2D eigenvalue weighted by Gasteiger charge is -2.34. The number of rotatable bonds is 7. The molecule has 0 atom stereocenters. The molecule has 7 nitrogen and oxygen atoms in total. The highest BCUT2D eigenvalue weighted by atomic mass is 32.1. The molecule has 0 aromatic carbocycles. The summed E-state index contributed by atoms with van der Waals surface area (Å²) in [5.41, 5.74) is -0.129. The van der Waals surface area contributed by atoms with Gasteiger partial charge in [-0.3, -0.25) is 14.5 Å². The van der Waals surface area contributed by atoms with Crippen LogP contribution in [0.2, 0.25) is 0 Å². The molecule has 3 amide bonds. The number of esters is 1. The number of carbonyl (C=O) groups is 3. The van der Waals surface area contributed by atoms with Crippen LogP contribution < -0.4 is 5.32 Å². The molecule has 27 heavy (non-hydrogen) atoms. The molecule has 3 rings (SSSR count). The minimum absolute atomic E-state index is 0.0615. The number of thiazole rings is 1. The second kappa shape index (κ2) is 8.37. The Morgan fingerprint density at radius 3 is 2.78 bits per heavy atom. The summed E-state index contributed by atoms with van der Waals surface area (Å²) in [7, 11) is 0. The van der Waals surface area contributed by atoms with Crippen molar-refractivity contribution in [1.29, 1.82) is 0 Å². The maximum absolute atomic E-state index is 12.8. The lowest BCUT2D eigenvalue weighted by atomic mass is 9.75. The van der Waals surface area contributed by atoms with Crippen LogP contribution in [0.25, 0.3) is 0 Å². The van der Waals surface area contributed by atoms with E-state index in [1.165, 1.54) is 0 Å². The molecule has 1 saturated carbocycles. The van der Waals surface area contributed by atoms with E-state index in [0.717, 1.165) is 42.0 Å². The number of urea groups is 1. The van der Waals surface area contributed by atoms with E-state index in [2.05, 4.69) is 24.1 Å². The van der Waals surface area contributed by atoms with Crippen molar-refractivity contribution in [3.05, 3.63) is 16.1 Å². The zero-order valence-electron chi connectivity index (χ0n) is 16.0. The Labute approximate surface area is 163 Å². The summed E-state index contributed by atoms with van der Waals surface area (Å²) in [4.78, 5) is 42.6. The van der Waals surface area contributed by atoms with Crippen molar-refractivity contribution in [2.75, 3.05) is 6.54 Å². The van der Waals surface area contributed by atoms with Gasteiger partial charge in [-0.2, -0.15) is 0 Å². The van der Waals surface area contributed by atoms with Gasteiger partial charge in [-0.15, -0.1) is 11.3 Å². The molecule has 1 aromatic heterocycles. The Morgan fingerprint density at radius 1 is 1.37 bits per heavy atom. The normalized spacial score (nSPS) is 25.1. The van der Waals surface area contributed by atoms with Crippen LogP contribution in [0.4, 0.5) is 4.79 Å². The number of ether oxygens (including phenoxy) is 1. The average Bonchev–Trinajstić information content (AvgIpc) is 3.20. The molecule has 1 aliphatic heterocycles. The predicted octanol–water partition coefficient (Wildman–Crippen LogP) is 3.03. The number of imide groups is 1. The molecule has 1 N–H and O–H groups in total. The van der Waals surface area contributed by atoms with Crippen LogP contribution in [0, 0.1) is 5.92 Å². The van der Waals surface area contributed by atoms with Crippen LogP contribution in [-0.2, 0) is 27.4 Å². The number of nitrogens with zero attached hydrogens (tertiary/aromatic N) is 2. The summed E-state index contributed by atoms with van der Waals surface area (Å²) in [5.74, 6) is -0.282. The highest BCUT2D eigenvalue weighted by molar-refractivity contribution is 7.09. The van der Waals surface area contributed by atoms with Gasteiger partial charge in [0.25, 0.3) is 5.91 Å². The number of hydrogen-bond donors (Lipinski definition) is 1. The molecule has 0 bridgehead atoms. The minimum atomic E-state index is -0.826. The van der Waals surface area contributed by atoms with Gasteiger partial charge >= 0.3 is 12.0 Å². The van der Waals surface area contributed by atoms with E-state index in [1.807, 2.05) is 5.38 Å². The number of amides is 3. The molecular weight excluding hydrogens is 366 g/mol. The maximum Gasteiger partial charge on any atom is 0.326 e. The molecule has 1 aliphatic carbocycles. The van der Waals surface area contributed by atoms with Crippen LogP contribution in [0.1, 0.15) is 63.1 Å². The fourth-order valence-electron chi connectivity index (χ4n) is 3.81. The zero-order chi connectivity index (χ0) is 19.4. The van der Waals surface area contributed by atoms with Gasteiger partial charge in [0, 0.05) is 5.38 Å². The monoisotopic (exact) mass is 393 g/mol. The molecule has 148 valence electrons. The Hall–Kier alpha value is -1.96. The standard InChI is InChI=1S/C19H27N3O4S/c1-3-5-15-20-14(12-27-15)11-26-16(23)10-22-17(24)19(21-18(22)25)8-6-13(4-2)7-9-19/h12-13H,3-11H2,1-2H3,(H,21,25). The van der Waals surface area contributed by atoms with E-state index in [4.69, 9.17) is 4.74 Å². The van der Waals surface area contributed by atoms with Crippen molar-refractivity contribution in [2.24, 2.45) is 5.92 Å². The number of hydrogen-bond acceptors (Lipinski definition) is 6. The van der Waals surface area contributed by atoms with Gasteiger partial charge in [-0.05, 0) is 44.4 Å². The fourth-order valence-corrected chi connectivity index (χ4v) is 4.70. The second-order valence-electron chi connectivity index (χ2n) is 7.40. The van der Waals surface area contributed by atoms with Crippen molar-refractivity contribution in [1.82, 2.24) is 15.2 Å². The first kappa shape index (κ1) is 19.8. The fraction of sp³-hybridized carbons (Fsp3) is 0.684. The highest BCUT2D eigenvalue weighted by Crippen LogP contribution is 2.37. The lowest BCUT2D eigenvalue weighted by molar-refractivity contribution is -0.149. The summed E-state index contributed by atoms with van der Waals surface area (Å²) in [5, 5.41) is 5.71. The molecular formula is C19H27N3O4S. The van der Waals surface area contributed by atoms with E-state index in [9.17, 15) is 14.4 Å². The van der Waals surface area contributed by atoms with Gasteiger partial charge in [0.15, 0.2) is 0 Å². The molecule has 1 spiro atoms. The Kier molecular flexibility index (Phi) is 6.14. The molecule has 2 heterocycles. The third-order valence-electron chi connectivity index (χ3n) is 5.51. The third-order valence-corrected chi connectivity index (χ3v) is 6.47. The average molecular weight is 394 g/mol. The summed E-state index contributed by atoms with van der Waals surface area (Å²) in [6, 6.07) is -0.495. The van der Waals surface area contributed by atoms with E-state index in [0.29, 0.717) is 24.5 Å². The van der Waals surface area contributed by atoms with Crippen LogP contribution in [0.15, 0.2) is 5.38 Å². The van der Waals surface area contributed by atoms with E-state index in [1.54, 1.807) is 11.3 Å². The molecule has 8 heteroatoms. The van der Waals surface area contributed by atoms with Gasteiger partial charge in [-0.25, -0.2) is 9.78 Å². The first-order chi connectivity index (χ1) is 13.0. The Morgan fingerprint density at radius 2 is 2.11 bits per heavy atom. The number of aromatic nitrogens is 1. The van der Waals surface area contributed by atoms with E-state index < -0.39 is 17.5 Å². The van der Waals surface area contributed by atoms with Crippen molar-refractivity contribution in [2.45, 2.75) is 70.9 Å². The Bertz CT molecular complexity index is 710. The van der Waals surface area contributed by atoms with Crippen molar-refractivity contribution >= 4 is 29.2 Å². The predicted molar refractivity (Wildman–Crippen MR) is 101 cm³/mol. The van der Waals surface area contributed by atoms with Gasteiger partial charge in [0.1, 0.15) is 18.7 Å². The summed E-state index contributed by atoms with van der Waals surface area (Å²) >= 11 is 1.54. The van der Waals surface area contributed by atoms with Crippen LogP contribution in [-0.4, -0.2) is 39.9 Å². The first-order valence-electron chi connectivity index (χ1n) is 9.70. The first-order valence-corrected chi connectivity index (χ1v) is 10.6. The quantitative estimate of drug-likeness (QED) is 0.568. The number of aryl methyl sites for hydroxylation is 1. The van der Waals surface area contributed by atoms with Crippen LogP contribution in [0.3, 0.4) is 0 Å². The summed E-state index contributed by atoms with van der Waals surface area (Å²) in [6.07, 6.45) is 6.13. The summed E-state index contributed by atoms with van der Waals surface area (Å²) < 4.78 is 5.22. The van der Waals surface area contributed by atoms with E-state index in [-0.39, 0.29) is 19.1 Å². The smallest absolute Gasteiger partial charge is 0.326 e. The zero-order valence-corrected chi connectivity index (χ0v) is 16.8. The molecule has 1 aromatic rings. The Balaban J connectivity index is 1.53. The SMILES string of the molecule is CCCc1nc(COC(=O)CN2C(=O)NC3(CCC(CC)CC3)C2=O)cs1. The van der Waals surface area contributed by atoms with Crippen molar-refractivity contribution < 1.29 is 19.1 Å². The van der Waals surface area contributed by atoms with Gasteiger partial charge in [0.05, 0.1) is 10.7 Å². The largest absolute Gasteiger partial charge is 0.458 e. The van der Waals surface area contributed by atoms with Gasteiger partial charge in [-0.1, -0.05) is 20.3 Å². The molecule has 0 radical (unpaired) electrons. The van der Waals surface area contributed by atoms with Gasteiger partial charge in [0.2, 0.25) is 0 Å². The van der Waals surface area contributed by atoms with E-state index >= 15 is 0 Å². The molecule has 1 saturated heterocycles. The van der Waals surface area contributed by atoms with Crippen molar-refractivity contribution in [3.63, 3.8) is 0 Å². The molecule has 2 fully saturated rings. The molecule has 2 aliphatic rings. The van der Waals surface area contributed by atoms with Gasteiger partial charge < -0.3 is 10.1 Å². The lowest BCUT2D eigenvalue weighted by Crippen LogP contribution is -2.49. The highest BCUT2D eigenvalue weighted by Gasteiger charge is 2.52. The van der Waals surface area contributed by atoms with Crippen LogP contribution in [0.5, 0.6) is 0 Å². The summed E-state index contributed by atoms with van der Waals surface area (Å²) in [6.45, 7) is 3.94. The minimum Gasteiger partial charge on any atom is -0.458 e.